The topological polar surface area (TPSA) is 99.7 Å². The van der Waals surface area contributed by atoms with Crippen LogP contribution in [0, 0.1) is 11.8 Å². The zero-order valence-electron chi connectivity index (χ0n) is 6.99. The van der Waals surface area contributed by atoms with Crippen LogP contribution >= 0.6 is 0 Å². The molecule has 1 aliphatic carbocycles. The summed E-state index contributed by atoms with van der Waals surface area (Å²) in [4.78, 5) is 21.7. The lowest BCUT2D eigenvalue weighted by Crippen LogP contribution is -2.42. The van der Waals surface area contributed by atoms with Gasteiger partial charge in [-0.1, -0.05) is 0 Å². The van der Waals surface area contributed by atoms with E-state index in [0.29, 0.717) is 0 Å². The van der Waals surface area contributed by atoms with Crippen molar-refractivity contribution in [2.24, 2.45) is 11.8 Å². The van der Waals surface area contributed by atoms with Crippen LogP contribution in [0.1, 0.15) is 0 Å². The predicted octanol–water partition coefficient (Wildman–Crippen LogP) is -1.06. The largest absolute Gasteiger partial charge is 0.481 e. The predicted molar refractivity (Wildman–Crippen MR) is 39.6 cm³/mol. The maximum Gasteiger partial charge on any atom is 0.310 e. The molecule has 0 spiro atoms. The second-order valence-corrected chi connectivity index (χ2v) is 3.86. The Morgan fingerprint density at radius 2 is 1.14 bits per heavy atom. The first kappa shape index (κ1) is 8.19. The number of hydrogen-bond acceptors (Lipinski definition) is 4. The molecule has 1 saturated carbocycles. The van der Waals surface area contributed by atoms with Gasteiger partial charge in [0.1, 0.15) is 36.3 Å². The van der Waals surface area contributed by atoms with Gasteiger partial charge < -0.3 is 19.7 Å². The molecule has 6 heteroatoms. The monoisotopic (exact) mass is 200 g/mol. The third-order valence-corrected chi connectivity index (χ3v) is 3.11. The van der Waals surface area contributed by atoms with Gasteiger partial charge in [0.2, 0.25) is 0 Å². The van der Waals surface area contributed by atoms with Crippen molar-refractivity contribution in [2.75, 3.05) is 0 Å². The number of rotatable bonds is 2. The van der Waals surface area contributed by atoms with Crippen molar-refractivity contribution in [2.45, 2.75) is 24.4 Å². The molecule has 0 aromatic rings. The van der Waals surface area contributed by atoms with Crippen LogP contribution in [0.15, 0.2) is 0 Å². The lowest BCUT2D eigenvalue weighted by Gasteiger charge is -2.18. The van der Waals surface area contributed by atoms with Crippen LogP contribution in [-0.4, -0.2) is 46.6 Å². The second-order valence-electron chi connectivity index (χ2n) is 3.86. The first-order valence-electron chi connectivity index (χ1n) is 4.38. The molecule has 14 heavy (non-hydrogen) atoms. The van der Waals surface area contributed by atoms with Crippen LogP contribution in [-0.2, 0) is 19.1 Å². The summed E-state index contributed by atoms with van der Waals surface area (Å²) in [7, 11) is 0. The molecular weight excluding hydrogens is 192 g/mol. The highest BCUT2D eigenvalue weighted by atomic mass is 16.7. The maximum atomic E-state index is 10.9. The summed E-state index contributed by atoms with van der Waals surface area (Å²) in [5, 5.41) is 17.8. The zero-order chi connectivity index (χ0) is 10.0. The minimum atomic E-state index is -1.11. The van der Waals surface area contributed by atoms with E-state index in [1.165, 1.54) is 0 Å². The number of fused-ring (bicyclic) bond motifs is 3. The highest BCUT2D eigenvalue weighted by Crippen LogP contribution is 2.53. The normalized spacial score (nSPS) is 52.9. The van der Waals surface area contributed by atoms with E-state index >= 15 is 0 Å². The highest BCUT2D eigenvalue weighted by Gasteiger charge is 2.72. The van der Waals surface area contributed by atoms with E-state index in [1.54, 1.807) is 0 Å². The third-order valence-electron chi connectivity index (χ3n) is 3.11. The number of aliphatic carboxylic acids is 2. The molecule has 2 saturated heterocycles. The molecule has 0 unspecified atom stereocenters. The smallest absolute Gasteiger partial charge is 0.310 e. The van der Waals surface area contributed by atoms with Crippen LogP contribution in [0.4, 0.5) is 0 Å². The summed E-state index contributed by atoms with van der Waals surface area (Å²) in [5.41, 5.74) is 0. The van der Waals surface area contributed by atoms with Crippen molar-refractivity contribution < 1.29 is 29.3 Å². The molecule has 2 N–H and O–H groups in total. The van der Waals surface area contributed by atoms with Crippen molar-refractivity contribution in [3.8, 4) is 0 Å². The van der Waals surface area contributed by atoms with Crippen molar-refractivity contribution >= 4 is 11.9 Å². The SMILES string of the molecule is O=C(O)[C@@H]1[C@@H]2O[C@@H]2[C@@H]2O[C@H]2[C@H]1C(=O)O. The second kappa shape index (κ2) is 2.26. The summed E-state index contributed by atoms with van der Waals surface area (Å²) in [5.74, 6) is -4.14. The Morgan fingerprint density at radius 3 is 1.43 bits per heavy atom. The Morgan fingerprint density at radius 1 is 0.786 bits per heavy atom. The van der Waals surface area contributed by atoms with Gasteiger partial charge in [-0.3, -0.25) is 9.59 Å². The van der Waals surface area contributed by atoms with Crippen molar-refractivity contribution in [1.82, 2.24) is 0 Å². The Balaban J connectivity index is 1.92. The number of carboxylic acid groups (broad SMARTS) is 2. The quantitative estimate of drug-likeness (QED) is 0.551. The van der Waals surface area contributed by atoms with Crippen molar-refractivity contribution in [3.63, 3.8) is 0 Å². The number of ether oxygens (including phenoxy) is 2. The third kappa shape index (κ3) is 0.869. The summed E-state index contributed by atoms with van der Waals surface area (Å²) in [6, 6.07) is 0. The number of carboxylic acids is 2. The Labute approximate surface area is 78.4 Å². The van der Waals surface area contributed by atoms with Gasteiger partial charge in [0, 0.05) is 0 Å². The molecule has 6 nitrogen and oxygen atoms in total. The molecule has 0 amide bonds. The van der Waals surface area contributed by atoms with Crippen molar-refractivity contribution in [3.05, 3.63) is 0 Å². The molecule has 76 valence electrons. The van der Waals surface area contributed by atoms with Gasteiger partial charge in [-0.15, -0.1) is 0 Å². The van der Waals surface area contributed by atoms with Crippen LogP contribution in [0.25, 0.3) is 0 Å². The van der Waals surface area contributed by atoms with E-state index in [0.717, 1.165) is 0 Å². The van der Waals surface area contributed by atoms with Gasteiger partial charge in [-0.05, 0) is 0 Å². The summed E-state index contributed by atoms with van der Waals surface area (Å²) < 4.78 is 10.2. The average Bonchev–Trinajstić information content (AvgIpc) is 2.93. The highest BCUT2D eigenvalue weighted by molar-refractivity contribution is 5.82. The van der Waals surface area contributed by atoms with Gasteiger partial charge in [0.25, 0.3) is 0 Å². The molecule has 3 aliphatic rings. The van der Waals surface area contributed by atoms with E-state index in [4.69, 9.17) is 19.7 Å². The molecule has 6 atom stereocenters. The van der Waals surface area contributed by atoms with E-state index in [-0.39, 0.29) is 12.2 Å². The minimum absolute atomic E-state index is 0.184. The molecule has 0 bridgehead atoms. The van der Waals surface area contributed by atoms with Gasteiger partial charge in [0.05, 0.1) is 0 Å². The maximum absolute atomic E-state index is 10.9. The Bertz CT molecular complexity index is 294. The van der Waals surface area contributed by atoms with Crippen LogP contribution < -0.4 is 0 Å². The average molecular weight is 200 g/mol. The summed E-state index contributed by atoms with van der Waals surface area (Å²) in [6.45, 7) is 0. The minimum Gasteiger partial charge on any atom is -0.481 e. The van der Waals surface area contributed by atoms with E-state index < -0.39 is 36.0 Å². The van der Waals surface area contributed by atoms with Crippen LogP contribution in [0.2, 0.25) is 0 Å². The molecule has 3 rings (SSSR count). The lowest BCUT2D eigenvalue weighted by atomic mass is 9.79. The molecule has 3 fully saturated rings. The van der Waals surface area contributed by atoms with E-state index in [2.05, 4.69) is 0 Å². The zero-order valence-corrected chi connectivity index (χ0v) is 6.99. The fourth-order valence-electron chi connectivity index (χ4n) is 2.38. The Kier molecular flexibility index (Phi) is 1.32. The molecule has 2 aliphatic heterocycles. The van der Waals surface area contributed by atoms with Crippen molar-refractivity contribution in [1.29, 1.82) is 0 Å². The molecule has 0 aromatic carbocycles. The first-order valence-corrected chi connectivity index (χ1v) is 4.38. The van der Waals surface area contributed by atoms with Gasteiger partial charge in [-0.25, -0.2) is 0 Å². The van der Waals surface area contributed by atoms with Gasteiger partial charge in [-0.2, -0.15) is 0 Å². The van der Waals surface area contributed by atoms with Gasteiger partial charge in [0.15, 0.2) is 0 Å². The standard InChI is InChI=1S/C8H8O6/c9-7(10)1-2(8(11)12)4-6(14-4)5-3(1)13-5/h1-6H,(H,9,10)(H,11,12)/t1-,2-,3-,4-,5-,6+/m0/s1. The molecular formula is C8H8O6. The van der Waals surface area contributed by atoms with Crippen LogP contribution in [0.5, 0.6) is 0 Å². The molecule has 0 radical (unpaired) electrons. The number of carbonyl (C=O) groups is 2. The number of epoxide rings is 2. The fraction of sp³-hybridized carbons (Fsp3) is 0.750. The summed E-state index contributed by atoms with van der Waals surface area (Å²) in [6.07, 6.45) is -1.29. The first-order chi connectivity index (χ1) is 6.61. The molecule has 2 heterocycles. The van der Waals surface area contributed by atoms with E-state index in [1.807, 2.05) is 0 Å². The van der Waals surface area contributed by atoms with E-state index in [9.17, 15) is 9.59 Å². The molecule has 0 aromatic heterocycles. The van der Waals surface area contributed by atoms with Crippen LogP contribution in [0.3, 0.4) is 0 Å². The van der Waals surface area contributed by atoms with Gasteiger partial charge >= 0.3 is 11.9 Å². The lowest BCUT2D eigenvalue weighted by molar-refractivity contribution is -0.155. The fourth-order valence-corrected chi connectivity index (χ4v) is 2.38. The Hall–Kier alpha value is -1.14. The summed E-state index contributed by atoms with van der Waals surface area (Å²) >= 11 is 0. The number of hydrogen-bond donors (Lipinski definition) is 2.